The molecular formula is C43H79O12P. The molecule has 0 aromatic heterocycles. The highest BCUT2D eigenvalue weighted by atomic mass is 31.2. The lowest BCUT2D eigenvalue weighted by Gasteiger charge is -2.20. The molecule has 0 bridgehead atoms. The monoisotopic (exact) mass is 819 g/mol. The number of ether oxygens (including phenoxy) is 2. The fourth-order valence-electron chi connectivity index (χ4n) is 7.32. The highest BCUT2D eigenvalue weighted by molar-refractivity contribution is 7.46. The number of ketones is 1. The van der Waals surface area contributed by atoms with Gasteiger partial charge < -0.3 is 34.6 Å². The van der Waals surface area contributed by atoms with Crippen molar-refractivity contribution in [1.29, 1.82) is 0 Å². The molecule has 0 saturated heterocycles. The minimum absolute atomic E-state index is 0.0653. The number of Topliss-reactive ketones (excluding diaryl/α,β-unsaturated/α-hetero) is 1. The van der Waals surface area contributed by atoms with Crippen molar-refractivity contribution in [2.75, 3.05) is 13.2 Å². The molecule has 1 fully saturated rings. The number of carbonyl (C=O) groups excluding carboxylic acids is 3. The Morgan fingerprint density at radius 1 is 0.696 bits per heavy atom. The largest absolute Gasteiger partial charge is 0.469 e. The summed E-state index contributed by atoms with van der Waals surface area (Å²) in [4.78, 5) is 55.9. The van der Waals surface area contributed by atoms with Crippen molar-refractivity contribution in [3.63, 3.8) is 0 Å². The van der Waals surface area contributed by atoms with Crippen molar-refractivity contribution in [3.05, 3.63) is 12.2 Å². The molecule has 0 spiro atoms. The first-order valence-corrected chi connectivity index (χ1v) is 23.5. The van der Waals surface area contributed by atoms with Crippen LogP contribution in [0.3, 0.4) is 0 Å². The molecule has 0 amide bonds. The Labute approximate surface area is 338 Å². The minimum atomic E-state index is -4.86. The van der Waals surface area contributed by atoms with Gasteiger partial charge in [0, 0.05) is 43.9 Å². The standard InChI is InChI=1S/C43H79O12P/c1-4-5-18-24-35(44)28-29-38-39(41(47)31-40(38)46)30-36(45)25-21-22-27-43(49)55-37(33-54-56(50,51)52)32-53-42(48)26-20-17-15-13-11-9-7-6-8-10-12-14-16-19-23-34(2)3/h28-29,34-35,37-41,44,46-47H,4-27,30-33H2,1-3H3,(H2,50,51,52)/b29-28+/t35-,37+,38+,39+,40+,41-/m0/s1. The predicted octanol–water partition coefficient (Wildman–Crippen LogP) is 8.82. The highest BCUT2D eigenvalue weighted by Crippen LogP contribution is 2.37. The number of hydrogen-bond donors (Lipinski definition) is 5. The van der Waals surface area contributed by atoms with Gasteiger partial charge in [-0.1, -0.05) is 142 Å². The van der Waals surface area contributed by atoms with Crippen molar-refractivity contribution >= 4 is 25.5 Å². The van der Waals surface area contributed by atoms with Gasteiger partial charge in [0.25, 0.3) is 0 Å². The van der Waals surface area contributed by atoms with E-state index < -0.39 is 69.2 Å². The second-order valence-electron chi connectivity index (χ2n) is 16.5. The van der Waals surface area contributed by atoms with Crippen LogP contribution in [0.4, 0.5) is 0 Å². The summed E-state index contributed by atoms with van der Waals surface area (Å²) < 4.78 is 26.3. The lowest BCUT2D eigenvalue weighted by molar-refractivity contribution is -0.161. The van der Waals surface area contributed by atoms with E-state index in [0.717, 1.165) is 44.4 Å². The van der Waals surface area contributed by atoms with E-state index >= 15 is 0 Å². The van der Waals surface area contributed by atoms with Gasteiger partial charge in [-0.05, 0) is 31.6 Å². The Balaban J connectivity index is 2.28. The molecule has 0 aromatic rings. The summed E-state index contributed by atoms with van der Waals surface area (Å²) in [6.45, 7) is 5.61. The number of phosphoric ester groups is 1. The molecule has 1 aliphatic rings. The first-order chi connectivity index (χ1) is 26.7. The molecule has 6 atom stereocenters. The van der Waals surface area contributed by atoms with Crippen molar-refractivity contribution in [1.82, 2.24) is 0 Å². The van der Waals surface area contributed by atoms with Crippen LogP contribution in [0.2, 0.25) is 0 Å². The van der Waals surface area contributed by atoms with Crippen LogP contribution in [0.1, 0.15) is 188 Å². The molecule has 5 N–H and O–H groups in total. The molecule has 1 saturated carbocycles. The SMILES string of the molecule is CCCCC[C@H](O)/C=C/[C@@H]1[C@@H](CC(=O)CCCCC(=O)O[C@H](COC(=O)CCCCCCCCCCCCCCCCC(C)C)COP(=O)(O)O)[C@@H](O)C[C@H]1O. The molecular weight excluding hydrogens is 739 g/mol. The molecule has 0 radical (unpaired) electrons. The molecule has 0 aliphatic heterocycles. The maximum atomic E-state index is 12.8. The van der Waals surface area contributed by atoms with Gasteiger partial charge in [-0.3, -0.25) is 18.9 Å². The van der Waals surface area contributed by atoms with Gasteiger partial charge in [0.15, 0.2) is 6.10 Å². The predicted molar refractivity (Wildman–Crippen MR) is 219 cm³/mol. The summed E-state index contributed by atoms with van der Waals surface area (Å²) >= 11 is 0. The maximum absolute atomic E-state index is 12.8. The van der Waals surface area contributed by atoms with Crippen molar-refractivity contribution in [2.24, 2.45) is 17.8 Å². The van der Waals surface area contributed by atoms with E-state index in [1.54, 1.807) is 12.2 Å². The van der Waals surface area contributed by atoms with Crippen LogP contribution >= 0.6 is 7.82 Å². The molecule has 1 aliphatic carbocycles. The fourth-order valence-corrected chi connectivity index (χ4v) is 7.68. The molecule has 13 heteroatoms. The lowest BCUT2D eigenvalue weighted by atomic mass is 9.87. The number of phosphoric acid groups is 1. The number of aliphatic hydroxyl groups excluding tert-OH is 3. The second-order valence-corrected chi connectivity index (χ2v) is 17.7. The van der Waals surface area contributed by atoms with Crippen LogP contribution in [0.5, 0.6) is 0 Å². The lowest BCUT2D eigenvalue weighted by Crippen LogP contribution is -2.29. The summed E-state index contributed by atoms with van der Waals surface area (Å²) in [5.74, 6) is -1.37. The number of hydrogen-bond acceptors (Lipinski definition) is 10. The summed E-state index contributed by atoms with van der Waals surface area (Å²) in [5.41, 5.74) is 0. The maximum Gasteiger partial charge on any atom is 0.469 e. The number of unbranched alkanes of at least 4 members (excludes halogenated alkanes) is 16. The summed E-state index contributed by atoms with van der Waals surface area (Å²) in [5, 5.41) is 31.2. The van der Waals surface area contributed by atoms with E-state index in [9.17, 15) is 34.3 Å². The molecule has 328 valence electrons. The van der Waals surface area contributed by atoms with E-state index in [1.165, 1.54) is 70.6 Å². The highest BCUT2D eigenvalue weighted by Gasteiger charge is 2.41. The van der Waals surface area contributed by atoms with Crippen LogP contribution < -0.4 is 0 Å². The van der Waals surface area contributed by atoms with Crippen LogP contribution in [0.15, 0.2) is 12.2 Å². The minimum Gasteiger partial charge on any atom is -0.462 e. The van der Waals surface area contributed by atoms with Crippen LogP contribution in [-0.2, 0) is 32.9 Å². The van der Waals surface area contributed by atoms with E-state index in [1.807, 2.05) is 0 Å². The smallest absolute Gasteiger partial charge is 0.462 e. The molecule has 0 unspecified atom stereocenters. The molecule has 0 aromatic carbocycles. The average Bonchev–Trinajstić information content (AvgIpc) is 3.39. The zero-order valence-corrected chi connectivity index (χ0v) is 35.9. The van der Waals surface area contributed by atoms with Gasteiger partial charge in [0.1, 0.15) is 12.4 Å². The molecule has 56 heavy (non-hydrogen) atoms. The zero-order valence-electron chi connectivity index (χ0n) is 35.0. The van der Waals surface area contributed by atoms with Gasteiger partial charge in [-0.25, -0.2) is 4.57 Å². The fraction of sp³-hybridized carbons (Fsp3) is 0.884. The normalized spacial score (nSPS) is 19.8. The average molecular weight is 819 g/mol. The number of rotatable bonds is 36. The van der Waals surface area contributed by atoms with Crippen molar-refractivity contribution in [3.8, 4) is 0 Å². The van der Waals surface area contributed by atoms with Gasteiger partial charge in [-0.15, -0.1) is 0 Å². The van der Waals surface area contributed by atoms with Crippen LogP contribution in [0, 0.1) is 17.8 Å². The van der Waals surface area contributed by atoms with Gasteiger partial charge >= 0.3 is 19.8 Å². The molecule has 12 nitrogen and oxygen atoms in total. The second kappa shape index (κ2) is 32.2. The van der Waals surface area contributed by atoms with E-state index in [2.05, 4.69) is 25.3 Å². The van der Waals surface area contributed by atoms with Crippen molar-refractivity contribution < 1.29 is 58.1 Å². The Morgan fingerprint density at radius 2 is 1.21 bits per heavy atom. The van der Waals surface area contributed by atoms with Crippen molar-refractivity contribution in [2.45, 2.75) is 212 Å². The number of esters is 2. The number of aliphatic hydroxyl groups is 3. The number of carbonyl (C=O) groups is 3. The van der Waals surface area contributed by atoms with Gasteiger partial charge in [0.05, 0.1) is 24.9 Å². The summed E-state index contributed by atoms with van der Waals surface area (Å²) in [7, 11) is -4.86. The third kappa shape index (κ3) is 28.7. The topological polar surface area (TPSA) is 197 Å². The van der Waals surface area contributed by atoms with Gasteiger partial charge in [-0.2, -0.15) is 0 Å². The van der Waals surface area contributed by atoms with Gasteiger partial charge in [0.2, 0.25) is 0 Å². The summed E-state index contributed by atoms with van der Waals surface area (Å²) in [6.07, 6.45) is 22.8. The van der Waals surface area contributed by atoms with E-state index in [4.69, 9.17) is 19.3 Å². The van der Waals surface area contributed by atoms with Crippen LogP contribution in [-0.4, -0.2) is 80.5 Å². The Bertz CT molecular complexity index is 1110. The zero-order chi connectivity index (χ0) is 41.6. The first-order valence-electron chi connectivity index (χ1n) is 22.0. The third-order valence-electron chi connectivity index (χ3n) is 10.7. The van der Waals surface area contributed by atoms with E-state index in [0.29, 0.717) is 25.7 Å². The van der Waals surface area contributed by atoms with E-state index in [-0.39, 0.29) is 37.9 Å². The van der Waals surface area contributed by atoms with Crippen LogP contribution in [0.25, 0.3) is 0 Å². The molecule has 1 rings (SSSR count). The summed E-state index contributed by atoms with van der Waals surface area (Å²) in [6, 6.07) is 0. The third-order valence-corrected chi connectivity index (χ3v) is 11.2. The Kier molecular flexibility index (Phi) is 30.1. The Hall–Kier alpha value is -1.66. The Morgan fingerprint density at radius 3 is 1.79 bits per heavy atom. The quantitative estimate of drug-likeness (QED) is 0.0175. The first kappa shape index (κ1) is 52.4. The molecule has 0 heterocycles.